The number of H-pyrrole nitrogens is 1. The molecule has 2 amide bonds. The second kappa shape index (κ2) is 7.67. The van der Waals surface area contributed by atoms with Crippen LogP contribution in [0.25, 0.3) is 10.9 Å². The van der Waals surface area contributed by atoms with Crippen molar-refractivity contribution in [1.82, 2.24) is 15.5 Å². The normalized spacial score (nSPS) is 12.0. The van der Waals surface area contributed by atoms with Gasteiger partial charge in [-0.25, -0.2) is 9.59 Å². The SMILES string of the molecule is CCC(Oc1ccc2[nH]nc(NC(=O)NC(C)C)c2c1)C(=O)OC. The zero-order valence-corrected chi connectivity index (χ0v) is 14.2. The summed E-state index contributed by atoms with van der Waals surface area (Å²) in [6.07, 6.45) is -0.196. The number of methoxy groups -OCH3 is 1. The summed E-state index contributed by atoms with van der Waals surface area (Å²) >= 11 is 0. The summed E-state index contributed by atoms with van der Waals surface area (Å²) in [6, 6.07) is 4.89. The predicted octanol–water partition coefficient (Wildman–Crippen LogP) is 2.42. The molecule has 1 atom stereocenters. The fourth-order valence-electron chi connectivity index (χ4n) is 2.16. The van der Waals surface area contributed by atoms with Crippen molar-refractivity contribution in [2.24, 2.45) is 0 Å². The highest BCUT2D eigenvalue weighted by Gasteiger charge is 2.19. The molecule has 2 rings (SSSR count). The third-order valence-electron chi connectivity index (χ3n) is 3.30. The number of hydrogen-bond acceptors (Lipinski definition) is 5. The maximum atomic E-state index is 11.8. The van der Waals surface area contributed by atoms with Crippen molar-refractivity contribution in [3.63, 3.8) is 0 Å². The van der Waals surface area contributed by atoms with Crippen LogP contribution in [0, 0.1) is 0 Å². The van der Waals surface area contributed by atoms with Crippen LogP contribution < -0.4 is 15.4 Å². The van der Waals surface area contributed by atoms with E-state index in [-0.39, 0.29) is 12.1 Å². The van der Waals surface area contributed by atoms with Crippen LogP contribution in [-0.2, 0) is 9.53 Å². The zero-order valence-electron chi connectivity index (χ0n) is 14.2. The minimum atomic E-state index is -0.681. The number of ether oxygens (including phenoxy) is 2. The molecule has 0 spiro atoms. The molecule has 0 fully saturated rings. The first kappa shape index (κ1) is 17.6. The van der Waals surface area contributed by atoms with E-state index in [1.165, 1.54) is 7.11 Å². The molecule has 0 saturated heterocycles. The van der Waals surface area contributed by atoms with Crippen molar-refractivity contribution >= 4 is 28.7 Å². The molecule has 0 radical (unpaired) electrons. The maximum absolute atomic E-state index is 11.8. The maximum Gasteiger partial charge on any atom is 0.347 e. The van der Waals surface area contributed by atoms with Crippen molar-refractivity contribution in [1.29, 1.82) is 0 Å². The summed E-state index contributed by atoms with van der Waals surface area (Å²) in [5.74, 6) is 0.452. The molecular formula is C16H22N4O4. The molecule has 8 nitrogen and oxygen atoms in total. The van der Waals surface area contributed by atoms with Gasteiger partial charge in [0.15, 0.2) is 11.9 Å². The predicted molar refractivity (Wildman–Crippen MR) is 90.1 cm³/mol. The molecule has 1 heterocycles. The first-order valence-electron chi connectivity index (χ1n) is 7.74. The van der Waals surface area contributed by atoms with E-state index in [1.807, 2.05) is 20.8 Å². The minimum Gasteiger partial charge on any atom is -0.479 e. The number of anilines is 1. The Hall–Kier alpha value is -2.77. The molecule has 1 unspecified atom stereocenters. The molecule has 8 heteroatoms. The van der Waals surface area contributed by atoms with Crippen LogP contribution >= 0.6 is 0 Å². The van der Waals surface area contributed by atoms with E-state index in [0.29, 0.717) is 23.4 Å². The molecule has 0 bridgehead atoms. The summed E-state index contributed by atoms with van der Waals surface area (Å²) in [6.45, 7) is 5.57. The van der Waals surface area contributed by atoms with Gasteiger partial charge in [-0.2, -0.15) is 5.10 Å². The number of amides is 2. The van der Waals surface area contributed by atoms with Gasteiger partial charge in [0.05, 0.1) is 12.6 Å². The largest absolute Gasteiger partial charge is 0.479 e. The van der Waals surface area contributed by atoms with E-state index in [2.05, 4.69) is 20.8 Å². The van der Waals surface area contributed by atoms with Crippen LogP contribution in [-0.4, -0.2) is 41.5 Å². The molecule has 1 aromatic carbocycles. The molecule has 24 heavy (non-hydrogen) atoms. The number of fused-ring (bicyclic) bond motifs is 1. The highest BCUT2D eigenvalue weighted by molar-refractivity contribution is 5.99. The van der Waals surface area contributed by atoms with Crippen LogP contribution in [0.3, 0.4) is 0 Å². The van der Waals surface area contributed by atoms with Crippen molar-refractivity contribution < 1.29 is 19.1 Å². The number of carbonyl (C=O) groups excluding carboxylic acids is 2. The molecule has 0 aliphatic rings. The minimum absolute atomic E-state index is 0.0134. The van der Waals surface area contributed by atoms with Gasteiger partial charge >= 0.3 is 12.0 Å². The van der Waals surface area contributed by atoms with E-state index < -0.39 is 12.1 Å². The molecule has 0 aliphatic heterocycles. The molecule has 3 N–H and O–H groups in total. The second-order valence-corrected chi connectivity index (χ2v) is 5.57. The highest BCUT2D eigenvalue weighted by Crippen LogP contribution is 2.26. The molecule has 130 valence electrons. The van der Waals surface area contributed by atoms with E-state index >= 15 is 0 Å². The molecular weight excluding hydrogens is 312 g/mol. The van der Waals surface area contributed by atoms with E-state index in [4.69, 9.17) is 9.47 Å². The number of nitrogens with one attached hydrogen (secondary N) is 3. The molecule has 1 aromatic heterocycles. The Morgan fingerprint density at radius 3 is 2.71 bits per heavy atom. The Labute approximate surface area is 139 Å². The first-order valence-corrected chi connectivity index (χ1v) is 7.74. The summed E-state index contributed by atoms with van der Waals surface area (Å²) in [4.78, 5) is 23.5. The fraction of sp³-hybridized carbons (Fsp3) is 0.438. The van der Waals surface area contributed by atoms with Crippen molar-refractivity contribution in [3.8, 4) is 5.75 Å². The standard InChI is InChI=1S/C16H22N4O4/c1-5-13(15(21)23-4)24-10-6-7-12-11(8-10)14(20-19-12)18-16(22)17-9(2)3/h6-9,13H,5H2,1-4H3,(H3,17,18,19,20,22). The average Bonchev–Trinajstić information content (AvgIpc) is 2.93. The van der Waals surface area contributed by atoms with E-state index in [9.17, 15) is 9.59 Å². The average molecular weight is 334 g/mol. The van der Waals surface area contributed by atoms with Gasteiger partial charge in [-0.15, -0.1) is 0 Å². The monoisotopic (exact) mass is 334 g/mol. The van der Waals surface area contributed by atoms with Gasteiger partial charge in [0.2, 0.25) is 0 Å². The highest BCUT2D eigenvalue weighted by atomic mass is 16.6. The molecule has 0 saturated carbocycles. The number of nitrogens with zero attached hydrogens (tertiary/aromatic N) is 1. The summed E-state index contributed by atoms with van der Waals surface area (Å²) in [5, 5.41) is 13.0. The Kier molecular flexibility index (Phi) is 5.62. The Morgan fingerprint density at radius 1 is 1.33 bits per heavy atom. The van der Waals surface area contributed by atoms with Gasteiger partial charge in [-0.05, 0) is 38.5 Å². The van der Waals surface area contributed by atoms with E-state index in [0.717, 1.165) is 5.52 Å². The van der Waals surface area contributed by atoms with Crippen LogP contribution in [0.5, 0.6) is 5.75 Å². The van der Waals surface area contributed by atoms with Gasteiger partial charge < -0.3 is 14.8 Å². The van der Waals surface area contributed by atoms with Crippen molar-refractivity contribution in [3.05, 3.63) is 18.2 Å². The lowest BCUT2D eigenvalue weighted by Gasteiger charge is -2.15. The second-order valence-electron chi connectivity index (χ2n) is 5.57. The topological polar surface area (TPSA) is 105 Å². The van der Waals surface area contributed by atoms with Crippen molar-refractivity contribution in [2.45, 2.75) is 39.3 Å². The number of aromatic nitrogens is 2. The quantitative estimate of drug-likeness (QED) is 0.704. The molecule has 0 aliphatic carbocycles. The number of rotatable bonds is 6. The number of carbonyl (C=O) groups is 2. The summed E-state index contributed by atoms with van der Waals surface area (Å²) in [7, 11) is 1.32. The third kappa shape index (κ3) is 4.15. The van der Waals surface area contributed by atoms with Crippen LogP contribution in [0.15, 0.2) is 18.2 Å². The van der Waals surface area contributed by atoms with E-state index in [1.54, 1.807) is 18.2 Å². The zero-order chi connectivity index (χ0) is 17.7. The van der Waals surface area contributed by atoms with Gasteiger partial charge in [0.25, 0.3) is 0 Å². The van der Waals surface area contributed by atoms with Crippen molar-refractivity contribution in [2.75, 3.05) is 12.4 Å². The lowest BCUT2D eigenvalue weighted by Crippen LogP contribution is -2.34. The lowest BCUT2D eigenvalue weighted by atomic mass is 10.2. The van der Waals surface area contributed by atoms with Gasteiger partial charge in [-0.3, -0.25) is 10.4 Å². The van der Waals surface area contributed by atoms with Gasteiger partial charge in [0.1, 0.15) is 5.75 Å². The third-order valence-corrected chi connectivity index (χ3v) is 3.30. The summed E-state index contributed by atoms with van der Waals surface area (Å²) in [5.41, 5.74) is 0.744. The van der Waals surface area contributed by atoms with Crippen LogP contribution in [0.4, 0.5) is 10.6 Å². The number of esters is 1. The Bertz CT molecular complexity index is 726. The number of hydrogen-bond donors (Lipinski definition) is 3. The lowest BCUT2D eigenvalue weighted by molar-refractivity contribution is -0.148. The first-order chi connectivity index (χ1) is 11.4. The number of aromatic amines is 1. The molecule has 2 aromatic rings. The number of urea groups is 1. The Balaban J connectivity index is 2.21. The van der Waals surface area contributed by atoms with Crippen LogP contribution in [0.2, 0.25) is 0 Å². The van der Waals surface area contributed by atoms with Crippen LogP contribution in [0.1, 0.15) is 27.2 Å². The fourth-order valence-corrected chi connectivity index (χ4v) is 2.16. The Morgan fingerprint density at radius 2 is 2.08 bits per heavy atom. The summed E-state index contributed by atoms with van der Waals surface area (Å²) < 4.78 is 10.4. The number of benzene rings is 1. The smallest absolute Gasteiger partial charge is 0.347 e. The van der Waals surface area contributed by atoms with Gasteiger partial charge in [-0.1, -0.05) is 6.92 Å². The van der Waals surface area contributed by atoms with Gasteiger partial charge in [0, 0.05) is 11.4 Å².